The van der Waals surface area contributed by atoms with Crippen LogP contribution in [0.3, 0.4) is 0 Å². The molecule has 0 aromatic rings. The van der Waals surface area contributed by atoms with Crippen LogP contribution in [0.1, 0.15) is 33.6 Å². The summed E-state index contributed by atoms with van der Waals surface area (Å²) >= 11 is 0. The minimum Gasteiger partial charge on any atom is -0.393 e. The number of aliphatic hydroxyl groups is 6. The van der Waals surface area contributed by atoms with Crippen LogP contribution in [0.5, 0.6) is 0 Å². The monoisotopic (exact) mass is 464 g/mol. The van der Waals surface area contributed by atoms with Crippen LogP contribution < -0.4 is 0 Å². The van der Waals surface area contributed by atoms with Gasteiger partial charge in [-0.05, 0) is 33.6 Å². The van der Waals surface area contributed by atoms with E-state index >= 15 is 0 Å². The molecule has 11 heteroatoms. The molecular weight excluding hydrogens is 428 g/mol. The topological polar surface area (TPSA) is 168 Å². The highest BCUT2D eigenvalue weighted by Gasteiger charge is 2.51. The van der Waals surface area contributed by atoms with E-state index in [4.69, 9.17) is 23.7 Å². The van der Waals surface area contributed by atoms with Gasteiger partial charge in [-0.25, -0.2) is 0 Å². The maximum absolute atomic E-state index is 10.4. The predicted octanol–water partition coefficient (Wildman–Crippen LogP) is -1.83. The zero-order valence-electron chi connectivity index (χ0n) is 18.7. The molecule has 0 bridgehead atoms. The Balaban J connectivity index is 1.62. The van der Waals surface area contributed by atoms with Crippen LogP contribution >= 0.6 is 0 Å². The molecule has 3 fully saturated rings. The van der Waals surface area contributed by atoms with E-state index in [0.717, 1.165) is 6.42 Å². The normalized spacial score (nSPS) is 47.7. The number of hydrogen-bond acceptors (Lipinski definition) is 11. The van der Waals surface area contributed by atoms with Gasteiger partial charge in [0.2, 0.25) is 0 Å². The Bertz CT molecular complexity index is 660. The molecule has 0 saturated carbocycles. The summed E-state index contributed by atoms with van der Waals surface area (Å²) in [5.74, 6) is 0. The third-order valence-electron chi connectivity index (χ3n) is 6.61. The minimum absolute atomic E-state index is 0.321. The van der Waals surface area contributed by atoms with Gasteiger partial charge in [-0.3, -0.25) is 0 Å². The van der Waals surface area contributed by atoms with Gasteiger partial charge in [0.15, 0.2) is 12.6 Å². The first-order valence-electron chi connectivity index (χ1n) is 10.8. The Kier molecular flexibility index (Phi) is 7.70. The second kappa shape index (κ2) is 9.51. The molecule has 3 saturated heterocycles. The van der Waals surface area contributed by atoms with Gasteiger partial charge in [-0.2, -0.15) is 0 Å². The van der Waals surface area contributed by atoms with E-state index in [1.165, 1.54) is 0 Å². The van der Waals surface area contributed by atoms with E-state index in [9.17, 15) is 30.6 Å². The number of hydrogen-bond donors (Lipinski definition) is 6. The van der Waals surface area contributed by atoms with Crippen molar-refractivity contribution in [3.05, 3.63) is 12.7 Å². The van der Waals surface area contributed by atoms with Crippen molar-refractivity contribution < 1.29 is 54.3 Å². The average molecular weight is 465 g/mol. The van der Waals surface area contributed by atoms with Crippen molar-refractivity contribution in [2.75, 3.05) is 19.8 Å². The Hall–Kier alpha value is -0.700. The van der Waals surface area contributed by atoms with Crippen LogP contribution in [0.15, 0.2) is 12.7 Å². The molecule has 32 heavy (non-hydrogen) atoms. The summed E-state index contributed by atoms with van der Waals surface area (Å²) < 4.78 is 28.3. The first-order chi connectivity index (χ1) is 14.9. The lowest BCUT2D eigenvalue weighted by Crippen LogP contribution is -2.61. The fraction of sp³-hybridized carbons (Fsp3) is 0.905. The fourth-order valence-electron chi connectivity index (χ4n) is 4.15. The second-order valence-electron chi connectivity index (χ2n) is 9.62. The van der Waals surface area contributed by atoms with Crippen molar-refractivity contribution in [3.63, 3.8) is 0 Å². The summed E-state index contributed by atoms with van der Waals surface area (Å²) in [5, 5.41) is 60.4. The molecule has 0 aliphatic carbocycles. The molecule has 0 aromatic carbocycles. The maximum Gasteiger partial charge on any atom is 0.187 e. The van der Waals surface area contributed by atoms with Crippen LogP contribution in [-0.4, -0.2) is 116 Å². The summed E-state index contributed by atoms with van der Waals surface area (Å²) in [6.07, 6.45) is -6.96. The van der Waals surface area contributed by atoms with Gasteiger partial charge in [0.05, 0.1) is 37.1 Å². The Morgan fingerprint density at radius 2 is 1.81 bits per heavy atom. The average Bonchev–Trinajstić information content (AvgIpc) is 3.30. The van der Waals surface area contributed by atoms with Crippen LogP contribution in [-0.2, 0) is 23.7 Å². The Morgan fingerprint density at radius 1 is 1.12 bits per heavy atom. The van der Waals surface area contributed by atoms with E-state index < -0.39 is 66.5 Å². The van der Waals surface area contributed by atoms with Crippen molar-refractivity contribution in [3.8, 4) is 0 Å². The molecule has 0 aromatic heterocycles. The van der Waals surface area contributed by atoms with Gasteiger partial charge >= 0.3 is 0 Å². The molecule has 0 radical (unpaired) electrons. The Morgan fingerprint density at radius 3 is 2.38 bits per heavy atom. The van der Waals surface area contributed by atoms with E-state index in [1.807, 2.05) is 6.92 Å². The van der Waals surface area contributed by atoms with Gasteiger partial charge in [0.1, 0.15) is 36.1 Å². The zero-order chi connectivity index (χ0) is 23.9. The van der Waals surface area contributed by atoms with Gasteiger partial charge < -0.3 is 54.3 Å². The first-order valence-corrected chi connectivity index (χ1v) is 10.8. The van der Waals surface area contributed by atoms with Crippen molar-refractivity contribution in [2.24, 2.45) is 0 Å². The fourth-order valence-corrected chi connectivity index (χ4v) is 4.15. The SMILES string of the molecule is C=C[C@@]1(C)CC[C@@H](C(C)(C)O[C@@H]2O[C@H](CO[C@@H]3OC[C@](O)(CO)[C@H]3O)[C@@H](O)[C@H](O)[C@H]2O)O1. The largest absolute Gasteiger partial charge is 0.393 e. The zero-order valence-corrected chi connectivity index (χ0v) is 18.7. The summed E-state index contributed by atoms with van der Waals surface area (Å²) in [5.41, 5.74) is -3.24. The maximum atomic E-state index is 10.4. The molecule has 11 nitrogen and oxygen atoms in total. The van der Waals surface area contributed by atoms with Crippen molar-refractivity contribution in [1.82, 2.24) is 0 Å². The van der Waals surface area contributed by atoms with Crippen molar-refractivity contribution in [1.29, 1.82) is 0 Å². The van der Waals surface area contributed by atoms with Crippen LogP contribution in [0.2, 0.25) is 0 Å². The third kappa shape index (κ3) is 5.03. The molecule has 0 amide bonds. The van der Waals surface area contributed by atoms with Gasteiger partial charge in [0.25, 0.3) is 0 Å². The molecule has 3 rings (SSSR count). The van der Waals surface area contributed by atoms with E-state index in [2.05, 4.69) is 6.58 Å². The first kappa shape index (κ1) is 25.9. The summed E-state index contributed by atoms with van der Waals surface area (Å²) in [4.78, 5) is 0. The standard InChI is InChI=1S/C21H36O11/c1-5-20(4)7-6-12(31-20)19(2,3)32-17-15(25)14(24)13(23)11(30-17)8-28-18-16(26)21(27,9-22)10-29-18/h5,11-18,22-27H,1,6-10H2,2-4H3/t11-,12+,13-,14+,15-,16+,17+,18-,20+,21-/m1/s1. The number of ether oxygens (including phenoxy) is 5. The van der Waals surface area contributed by atoms with E-state index in [-0.39, 0.29) is 19.3 Å². The number of rotatable bonds is 8. The van der Waals surface area contributed by atoms with Crippen molar-refractivity contribution >= 4 is 0 Å². The summed E-state index contributed by atoms with van der Waals surface area (Å²) in [7, 11) is 0. The molecular formula is C21H36O11. The third-order valence-corrected chi connectivity index (χ3v) is 6.61. The van der Waals surface area contributed by atoms with Gasteiger partial charge in [-0.1, -0.05) is 6.08 Å². The van der Waals surface area contributed by atoms with Crippen LogP contribution in [0.4, 0.5) is 0 Å². The van der Waals surface area contributed by atoms with Crippen LogP contribution in [0.25, 0.3) is 0 Å². The highest BCUT2D eigenvalue weighted by atomic mass is 16.7. The predicted molar refractivity (Wildman–Crippen MR) is 108 cm³/mol. The lowest BCUT2D eigenvalue weighted by Gasteiger charge is -2.44. The lowest BCUT2D eigenvalue weighted by atomic mass is 9.95. The highest BCUT2D eigenvalue weighted by Crippen LogP contribution is 2.39. The van der Waals surface area contributed by atoms with Crippen LogP contribution in [0, 0.1) is 0 Å². The highest BCUT2D eigenvalue weighted by molar-refractivity contribution is 5.02. The number of aliphatic hydroxyl groups excluding tert-OH is 5. The quantitative estimate of drug-likeness (QED) is 0.224. The lowest BCUT2D eigenvalue weighted by molar-refractivity contribution is -0.338. The molecule has 3 aliphatic heterocycles. The summed E-state index contributed by atoms with van der Waals surface area (Å²) in [6.45, 7) is 7.88. The van der Waals surface area contributed by atoms with Crippen molar-refractivity contribution in [2.45, 2.75) is 99.6 Å². The minimum atomic E-state index is -1.86. The molecule has 0 spiro atoms. The molecule has 3 aliphatic rings. The molecule has 3 heterocycles. The van der Waals surface area contributed by atoms with Gasteiger partial charge in [0, 0.05) is 0 Å². The second-order valence-corrected chi connectivity index (χ2v) is 9.62. The summed E-state index contributed by atoms with van der Waals surface area (Å²) in [6, 6.07) is 0. The van der Waals surface area contributed by atoms with E-state index in [1.54, 1.807) is 19.9 Å². The van der Waals surface area contributed by atoms with E-state index in [0.29, 0.717) is 6.42 Å². The molecule has 0 unspecified atom stereocenters. The van der Waals surface area contributed by atoms with Gasteiger partial charge in [-0.15, -0.1) is 6.58 Å². The Labute approximate surface area is 187 Å². The molecule has 10 atom stereocenters. The molecule has 186 valence electrons. The molecule has 6 N–H and O–H groups in total. The smallest absolute Gasteiger partial charge is 0.187 e.